The van der Waals surface area contributed by atoms with Crippen molar-refractivity contribution >= 4 is 30.4 Å². The highest BCUT2D eigenvalue weighted by molar-refractivity contribution is 8.13. The van der Waals surface area contributed by atoms with Gasteiger partial charge >= 0.3 is 13.4 Å². The van der Waals surface area contributed by atoms with E-state index in [9.17, 15) is 29.5 Å². The summed E-state index contributed by atoms with van der Waals surface area (Å²) in [5.74, 6) is 0.185. The number of hydrogen-bond donors (Lipinski definition) is 5. The van der Waals surface area contributed by atoms with E-state index in [1.807, 2.05) is 0 Å². The van der Waals surface area contributed by atoms with Crippen molar-refractivity contribution in [3.63, 3.8) is 0 Å². The summed E-state index contributed by atoms with van der Waals surface area (Å²) in [6.45, 7) is 3.79. The average Bonchev–Trinajstić information content (AvgIpc) is 3.09. The van der Waals surface area contributed by atoms with Gasteiger partial charge in [0.15, 0.2) is 11.3 Å². The van der Waals surface area contributed by atoms with Gasteiger partial charge in [0.1, 0.15) is 23.6 Å². The Hall–Kier alpha value is -1.35. The summed E-state index contributed by atoms with van der Waals surface area (Å²) in [7, 11) is -3.92. The molecule has 0 radical (unpaired) electrons. The van der Waals surface area contributed by atoms with E-state index < -0.39 is 49.5 Å². The van der Waals surface area contributed by atoms with Crippen molar-refractivity contribution in [2.24, 2.45) is 5.41 Å². The van der Waals surface area contributed by atoms with Gasteiger partial charge in [-0.3, -0.25) is 18.4 Å². The molecule has 6 N–H and O–H groups in total. The fourth-order valence-corrected chi connectivity index (χ4v) is 6.81. The predicted molar refractivity (Wildman–Crippen MR) is 141 cm³/mol. The summed E-state index contributed by atoms with van der Waals surface area (Å²) < 4.78 is 31.8. The second kappa shape index (κ2) is 12.9. The molecule has 3 rings (SSSR count). The SMILES string of the molecule is CC(C)(CO)C(=O)SCCOP(=O)(NC1CCCCC1)OC[C@H]1O[C@@H](n2ccc(N)nc2=O)C(C)(O)C1O. The maximum Gasteiger partial charge on any atom is 0.405 e. The lowest BCUT2D eigenvalue weighted by Crippen LogP contribution is -2.46. The summed E-state index contributed by atoms with van der Waals surface area (Å²) in [5, 5.41) is 33.8. The third kappa shape index (κ3) is 7.64. The Balaban J connectivity index is 1.67. The van der Waals surface area contributed by atoms with Gasteiger partial charge in [-0.05, 0) is 39.7 Å². The van der Waals surface area contributed by atoms with Crippen molar-refractivity contribution < 1.29 is 38.5 Å². The van der Waals surface area contributed by atoms with Gasteiger partial charge in [0.25, 0.3) is 0 Å². The Kier molecular flexibility index (Phi) is 10.6. The fourth-order valence-electron chi connectivity index (χ4n) is 4.27. The van der Waals surface area contributed by atoms with Crippen LogP contribution in [0.5, 0.6) is 0 Å². The Bertz CT molecular complexity index is 1060. The molecule has 3 unspecified atom stereocenters. The number of nitrogens with zero attached hydrogens (tertiary/aromatic N) is 2. The Labute approximate surface area is 226 Å². The minimum absolute atomic E-state index is 0.00372. The monoisotopic (exact) mass is 578 g/mol. The van der Waals surface area contributed by atoms with E-state index in [2.05, 4.69) is 10.1 Å². The summed E-state index contributed by atoms with van der Waals surface area (Å²) in [4.78, 5) is 28.2. The predicted octanol–water partition coefficient (Wildman–Crippen LogP) is 1.18. The van der Waals surface area contributed by atoms with Crippen LogP contribution in [0.3, 0.4) is 0 Å². The molecule has 0 aromatic carbocycles. The van der Waals surface area contributed by atoms with E-state index in [1.54, 1.807) is 13.8 Å². The molecule has 15 heteroatoms. The lowest BCUT2D eigenvalue weighted by Gasteiger charge is -2.29. The first kappa shape index (κ1) is 31.2. The van der Waals surface area contributed by atoms with E-state index in [1.165, 1.54) is 19.2 Å². The number of carbonyl (C=O) groups is 1. The number of rotatable bonds is 12. The minimum atomic E-state index is -3.92. The van der Waals surface area contributed by atoms with E-state index in [4.69, 9.17) is 19.5 Å². The molecule has 1 aliphatic heterocycles. The van der Waals surface area contributed by atoms with E-state index in [-0.39, 0.29) is 35.9 Å². The number of aromatic nitrogens is 2. The third-order valence-corrected chi connectivity index (χ3v) is 9.62. The van der Waals surface area contributed by atoms with Gasteiger partial charge in [0.05, 0.1) is 25.2 Å². The van der Waals surface area contributed by atoms with Crippen molar-refractivity contribution in [3.8, 4) is 0 Å². The molecular weight excluding hydrogens is 539 g/mol. The molecule has 38 heavy (non-hydrogen) atoms. The third-order valence-electron chi connectivity index (χ3n) is 6.74. The van der Waals surface area contributed by atoms with Crippen LogP contribution in [0, 0.1) is 5.41 Å². The number of aliphatic hydroxyl groups excluding tert-OH is 2. The lowest BCUT2D eigenvalue weighted by atomic mass is 9.96. The molecule has 1 saturated carbocycles. The first-order valence-corrected chi connectivity index (χ1v) is 15.2. The number of nitrogen functional groups attached to an aromatic ring is 1. The molecule has 2 fully saturated rings. The number of hydrogen-bond acceptors (Lipinski definition) is 12. The van der Waals surface area contributed by atoms with Gasteiger partial charge in [-0.15, -0.1) is 0 Å². The molecule has 1 aromatic rings. The first-order valence-electron chi connectivity index (χ1n) is 12.6. The van der Waals surface area contributed by atoms with Crippen LogP contribution in [0.25, 0.3) is 0 Å². The molecular formula is C23H39N4O9PS. The van der Waals surface area contributed by atoms with E-state index in [0.29, 0.717) is 0 Å². The molecule has 13 nitrogen and oxygen atoms in total. The van der Waals surface area contributed by atoms with Crippen molar-refractivity contribution in [3.05, 3.63) is 22.7 Å². The zero-order valence-electron chi connectivity index (χ0n) is 21.9. The van der Waals surface area contributed by atoms with E-state index >= 15 is 0 Å². The van der Waals surface area contributed by atoms with E-state index in [0.717, 1.165) is 48.4 Å². The molecule has 1 saturated heterocycles. The number of thioether (sulfide) groups is 1. The smallest absolute Gasteiger partial charge is 0.395 e. The highest BCUT2D eigenvalue weighted by Gasteiger charge is 2.54. The second-order valence-corrected chi connectivity index (χ2v) is 13.3. The van der Waals surface area contributed by atoms with Gasteiger partial charge in [-0.25, -0.2) is 14.4 Å². The van der Waals surface area contributed by atoms with Gasteiger partial charge in [0, 0.05) is 18.0 Å². The minimum Gasteiger partial charge on any atom is -0.395 e. The van der Waals surface area contributed by atoms with Crippen LogP contribution < -0.4 is 16.5 Å². The maximum absolute atomic E-state index is 13.7. The van der Waals surface area contributed by atoms with Crippen LogP contribution in [0.4, 0.5) is 5.82 Å². The summed E-state index contributed by atoms with van der Waals surface area (Å²) >= 11 is 0.965. The number of carbonyl (C=O) groups excluding carboxylic acids is 1. The highest BCUT2D eigenvalue weighted by Crippen LogP contribution is 2.47. The van der Waals surface area contributed by atoms with Crippen molar-refractivity contribution in [1.29, 1.82) is 0 Å². The highest BCUT2D eigenvalue weighted by atomic mass is 32.2. The Morgan fingerprint density at radius 1 is 1.37 bits per heavy atom. The lowest BCUT2D eigenvalue weighted by molar-refractivity contribution is -0.119. The van der Waals surface area contributed by atoms with Crippen molar-refractivity contribution in [2.75, 3.05) is 31.3 Å². The number of anilines is 1. The molecule has 1 aromatic heterocycles. The fraction of sp³-hybridized carbons (Fsp3) is 0.783. The molecule has 0 bridgehead atoms. The van der Waals surface area contributed by atoms with Crippen LogP contribution in [0.1, 0.15) is 59.1 Å². The topological polar surface area (TPSA) is 195 Å². The summed E-state index contributed by atoms with van der Waals surface area (Å²) in [6.07, 6.45) is 1.98. The standard InChI is InChI=1S/C23H39N4O9PS/c1-22(2,14-28)20(30)38-12-11-34-37(33,26-15-7-5-4-6-8-15)35-13-16-18(29)23(3,32)19(36-16)27-10-9-17(24)25-21(27)31/h9-10,15-16,18-19,28-29,32H,4-8,11-14H2,1-3H3,(H,26,33)(H2,24,25,31)/t16-,18?,19-,23?,37?/m1/s1. The van der Waals surface area contributed by atoms with Crippen LogP contribution in [-0.2, 0) is 23.1 Å². The van der Waals surface area contributed by atoms with Crippen LogP contribution in [0.2, 0.25) is 0 Å². The van der Waals surface area contributed by atoms with Gasteiger partial charge < -0.3 is 25.8 Å². The zero-order chi connectivity index (χ0) is 28.1. The molecule has 0 amide bonds. The maximum atomic E-state index is 13.7. The number of nitrogens with two attached hydrogens (primary N) is 1. The largest absolute Gasteiger partial charge is 0.405 e. The molecule has 2 aliphatic rings. The molecule has 5 atom stereocenters. The van der Waals surface area contributed by atoms with Crippen molar-refractivity contribution in [1.82, 2.24) is 14.6 Å². The van der Waals surface area contributed by atoms with Crippen LogP contribution >= 0.6 is 19.5 Å². The average molecular weight is 579 g/mol. The first-order chi connectivity index (χ1) is 17.8. The van der Waals surface area contributed by atoms with Gasteiger partial charge in [-0.1, -0.05) is 31.0 Å². The quantitative estimate of drug-likeness (QED) is 0.175. The Morgan fingerprint density at radius 3 is 2.68 bits per heavy atom. The molecule has 0 spiro atoms. The van der Waals surface area contributed by atoms with Gasteiger partial charge in [-0.2, -0.15) is 4.98 Å². The second-order valence-electron chi connectivity index (χ2n) is 10.5. The number of ether oxygens (including phenoxy) is 1. The number of nitrogens with one attached hydrogen (secondary N) is 1. The summed E-state index contributed by atoms with van der Waals surface area (Å²) in [6, 6.07) is 1.26. The van der Waals surface area contributed by atoms with Crippen LogP contribution in [-0.4, -0.2) is 79.4 Å². The molecule has 216 valence electrons. The Morgan fingerprint density at radius 2 is 2.05 bits per heavy atom. The van der Waals surface area contributed by atoms with Crippen molar-refractivity contribution in [2.45, 2.75) is 83.0 Å². The number of aliphatic hydroxyl groups is 3. The summed E-state index contributed by atoms with van der Waals surface area (Å²) in [5.41, 5.74) is 1.96. The van der Waals surface area contributed by atoms with Crippen LogP contribution in [0.15, 0.2) is 17.1 Å². The van der Waals surface area contributed by atoms with Gasteiger partial charge in [0.2, 0.25) is 0 Å². The molecule has 1 aliphatic carbocycles. The molecule has 2 heterocycles. The zero-order valence-corrected chi connectivity index (χ0v) is 23.7. The normalized spacial score (nSPS) is 28.3.